The zero-order valence-corrected chi connectivity index (χ0v) is 8.01. The molecule has 0 unspecified atom stereocenters. The third kappa shape index (κ3) is 1.59. The highest BCUT2D eigenvalue weighted by Gasteiger charge is 2.12. The van der Waals surface area contributed by atoms with Crippen LogP contribution in [-0.2, 0) is 0 Å². The Hall–Kier alpha value is -1.24. The first-order valence-electron chi connectivity index (χ1n) is 4.93. The van der Waals surface area contributed by atoms with E-state index in [9.17, 15) is 0 Å². The second-order valence-corrected chi connectivity index (χ2v) is 3.37. The van der Waals surface area contributed by atoms with Crippen molar-refractivity contribution in [2.45, 2.75) is 19.8 Å². The largest absolute Gasteiger partial charge is 0.384 e. The van der Waals surface area contributed by atoms with E-state index in [1.807, 2.05) is 0 Å². The minimum absolute atomic E-state index is 1.10. The van der Waals surface area contributed by atoms with Crippen LogP contribution in [0.4, 0.5) is 0 Å². The quantitative estimate of drug-likeness (QED) is 0.725. The van der Waals surface area contributed by atoms with Gasteiger partial charge in [-0.15, -0.1) is 0 Å². The van der Waals surface area contributed by atoms with Crippen molar-refractivity contribution in [3.8, 4) is 0 Å². The lowest BCUT2D eigenvalue weighted by Gasteiger charge is -2.05. The highest BCUT2D eigenvalue weighted by Crippen LogP contribution is 2.24. The van der Waals surface area contributed by atoms with Crippen molar-refractivity contribution in [1.82, 2.24) is 5.32 Å². The van der Waals surface area contributed by atoms with Crippen molar-refractivity contribution in [3.05, 3.63) is 41.5 Å². The van der Waals surface area contributed by atoms with Crippen LogP contribution in [0.15, 0.2) is 35.9 Å². The predicted molar refractivity (Wildman–Crippen MR) is 56.3 cm³/mol. The van der Waals surface area contributed by atoms with E-state index < -0.39 is 0 Å². The maximum Gasteiger partial charge on any atom is 0.0406 e. The van der Waals surface area contributed by atoms with Gasteiger partial charge < -0.3 is 5.32 Å². The normalized spacial score (nSPS) is 16.1. The fourth-order valence-corrected chi connectivity index (χ4v) is 1.85. The Kier molecular flexibility index (Phi) is 2.35. The minimum atomic E-state index is 1.10. The molecule has 0 saturated heterocycles. The van der Waals surface area contributed by atoms with Gasteiger partial charge in [-0.3, -0.25) is 0 Å². The van der Waals surface area contributed by atoms with Gasteiger partial charge in [-0.1, -0.05) is 37.3 Å². The maximum atomic E-state index is 3.45. The molecule has 0 bridgehead atoms. The molecule has 1 N–H and O–H groups in total. The minimum Gasteiger partial charge on any atom is -0.384 e. The summed E-state index contributed by atoms with van der Waals surface area (Å²) in [5, 5.41) is 3.45. The Bertz CT molecular complexity index is 311. The molecule has 0 fully saturated rings. The number of rotatable bonds is 2. The standard InChI is InChI=1S/C12H15N/c1-2-10-8-9-13-12(10)11-6-4-3-5-7-11/h3-7,13H,2,8-9H2,1H3. The van der Waals surface area contributed by atoms with Gasteiger partial charge in [0.15, 0.2) is 0 Å². The first kappa shape index (κ1) is 8.36. The predicted octanol–water partition coefficient (Wildman–Crippen LogP) is 2.80. The molecule has 2 rings (SSSR count). The molecule has 1 heterocycles. The summed E-state index contributed by atoms with van der Waals surface area (Å²) in [4.78, 5) is 0. The molecule has 0 aliphatic carbocycles. The Morgan fingerprint density at radius 1 is 1.23 bits per heavy atom. The van der Waals surface area contributed by atoms with Crippen LogP contribution in [0.1, 0.15) is 25.3 Å². The third-order valence-electron chi connectivity index (χ3n) is 2.57. The van der Waals surface area contributed by atoms with Crippen molar-refractivity contribution in [1.29, 1.82) is 0 Å². The summed E-state index contributed by atoms with van der Waals surface area (Å²) in [7, 11) is 0. The molecule has 0 saturated carbocycles. The van der Waals surface area contributed by atoms with Gasteiger partial charge in [0.05, 0.1) is 0 Å². The zero-order chi connectivity index (χ0) is 9.10. The topological polar surface area (TPSA) is 12.0 Å². The van der Waals surface area contributed by atoms with Gasteiger partial charge in [0.2, 0.25) is 0 Å². The van der Waals surface area contributed by atoms with Crippen LogP contribution in [-0.4, -0.2) is 6.54 Å². The molecule has 1 aromatic rings. The van der Waals surface area contributed by atoms with E-state index in [4.69, 9.17) is 0 Å². The van der Waals surface area contributed by atoms with Gasteiger partial charge in [0.1, 0.15) is 0 Å². The molecule has 1 aliphatic rings. The molecule has 1 aromatic carbocycles. The molecule has 1 aliphatic heterocycles. The molecule has 1 nitrogen and oxygen atoms in total. The lowest BCUT2D eigenvalue weighted by atomic mass is 10.1. The first-order valence-corrected chi connectivity index (χ1v) is 4.93. The Morgan fingerprint density at radius 3 is 2.69 bits per heavy atom. The van der Waals surface area contributed by atoms with Crippen LogP contribution in [0.2, 0.25) is 0 Å². The monoisotopic (exact) mass is 173 g/mol. The number of hydrogen-bond acceptors (Lipinski definition) is 1. The van der Waals surface area contributed by atoms with Crippen LogP contribution in [0, 0.1) is 0 Å². The van der Waals surface area contributed by atoms with Crippen molar-refractivity contribution >= 4 is 5.70 Å². The van der Waals surface area contributed by atoms with Crippen LogP contribution >= 0.6 is 0 Å². The van der Waals surface area contributed by atoms with E-state index in [1.165, 1.54) is 17.7 Å². The average Bonchev–Trinajstić information content (AvgIpc) is 2.67. The summed E-state index contributed by atoms with van der Waals surface area (Å²) < 4.78 is 0. The van der Waals surface area contributed by atoms with Crippen LogP contribution in [0.3, 0.4) is 0 Å². The van der Waals surface area contributed by atoms with Gasteiger partial charge in [-0.25, -0.2) is 0 Å². The Morgan fingerprint density at radius 2 is 2.00 bits per heavy atom. The van der Waals surface area contributed by atoms with E-state index >= 15 is 0 Å². The molecule has 1 heteroatoms. The van der Waals surface area contributed by atoms with Gasteiger partial charge in [0, 0.05) is 12.2 Å². The van der Waals surface area contributed by atoms with E-state index in [0.717, 1.165) is 13.0 Å². The maximum absolute atomic E-state index is 3.45. The Labute approximate surface area is 79.5 Å². The third-order valence-corrected chi connectivity index (χ3v) is 2.57. The highest BCUT2D eigenvalue weighted by atomic mass is 14.9. The summed E-state index contributed by atoms with van der Waals surface area (Å²) in [6.45, 7) is 3.33. The van der Waals surface area contributed by atoms with Crippen LogP contribution in [0.5, 0.6) is 0 Å². The van der Waals surface area contributed by atoms with E-state index in [-0.39, 0.29) is 0 Å². The highest BCUT2D eigenvalue weighted by molar-refractivity contribution is 5.68. The van der Waals surface area contributed by atoms with Gasteiger partial charge in [0.25, 0.3) is 0 Å². The van der Waals surface area contributed by atoms with Crippen LogP contribution < -0.4 is 5.32 Å². The fraction of sp³-hybridized carbons (Fsp3) is 0.333. The summed E-state index contributed by atoms with van der Waals surface area (Å²) in [6.07, 6.45) is 2.37. The SMILES string of the molecule is CCC1=C(c2ccccc2)NCC1. The van der Waals surface area contributed by atoms with Crippen molar-refractivity contribution in [2.24, 2.45) is 0 Å². The zero-order valence-electron chi connectivity index (χ0n) is 8.01. The summed E-state index contributed by atoms with van der Waals surface area (Å²) >= 11 is 0. The lowest BCUT2D eigenvalue weighted by molar-refractivity contribution is 0.893. The van der Waals surface area contributed by atoms with Crippen LogP contribution in [0.25, 0.3) is 5.70 Å². The van der Waals surface area contributed by atoms with Crippen molar-refractivity contribution in [2.75, 3.05) is 6.54 Å². The molecule has 0 amide bonds. The molecule has 0 radical (unpaired) electrons. The van der Waals surface area contributed by atoms with E-state index in [0.29, 0.717) is 0 Å². The van der Waals surface area contributed by atoms with Crippen molar-refractivity contribution < 1.29 is 0 Å². The molecule has 68 valence electrons. The smallest absolute Gasteiger partial charge is 0.0406 e. The molecular weight excluding hydrogens is 158 g/mol. The fourth-order valence-electron chi connectivity index (χ4n) is 1.85. The summed E-state index contributed by atoms with van der Waals surface area (Å²) in [5.74, 6) is 0. The molecule has 0 aromatic heterocycles. The number of benzene rings is 1. The van der Waals surface area contributed by atoms with Gasteiger partial charge >= 0.3 is 0 Å². The Balaban J connectivity index is 2.35. The lowest BCUT2D eigenvalue weighted by Crippen LogP contribution is -2.05. The van der Waals surface area contributed by atoms with Gasteiger partial charge in [-0.2, -0.15) is 0 Å². The van der Waals surface area contributed by atoms with Crippen molar-refractivity contribution in [3.63, 3.8) is 0 Å². The second kappa shape index (κ2) is 3.65. The van der Waals surface area contributed by atoms with E-state index in [1.54, 1.807) is 5.57 Å². The first-order chi connectivity index (χ1) is 6.42. The molecule has 0 atom stereocenters. The number of nitrogens with one attached hydrogen (secondary N) is 1. The molecule has 0 spiro atoms. The summed E-state index contributed by atoms with van der Waals surface area (Å²) in [6, 6.07) is 10.6. The molecule has 13 heavy (non-hydrogen) atoms. The summed E-state index contributed by atoms with van der Waals surface area (Å²) in [5.41, 5.74) is 4.26. The van der Waals surface area contributed by atoms with E-state index in [2.05, 4.69) is 42.6 Å². The molecular formula is C12H15N. The number of hydrogen-bond donors (Lipinski definition) is 1. The second-order valence-electron chi connectivity index (χ2n) is 3.37. The van der Waals surface area contributed by atoms with Gasteiger partial charge in [-0.05, 0) is 24.0 Å². The average molecular weight is 173 g/mol.